The second-order valence-corrected chi connectivity index (χ2v) is 6.27. The fourth-order valence-corrected chi connectivity index (χ4v) is 2.84. The third-order valence-electron chi connectivity index (χ3n) is 4.03. The van der Waals surface area contributed by atoms with E-state index in [0.29, 0.717) is 22.4 Å². The van der Waals surface area contributed by atoms with Crippen molar-refractivity contribution in [2.24, 2.45) is 0 Å². The first-order valence-corrected chi connectivity index (χ1v) is 8.35. The van der Waals surface area contributed by atoms with Gasteiger partial charge in [0.1, 0.15) is 5.75 Å². The Hall–Kier alpha value is -2.74. The molecule has 1 aliphatic rings. The summed E-state index contributed by atoms with van der Waals surface area (Å²) in [5, 5.41) is 2.88. The predicted octanol–water partition coefficient (Wildman–Crippen LogP) is 2.91. The summed E-state index contributed by atoms with van der Waals surface area (Å²) in [4.78, 5) is 25.6. The molecule has 0 radical (unpaired) electrons. The normalized spacial score (nSPS) is 13.6. The third-order valence-corrected chi connectivity index (χ3v) is 4.27. The van der Waals surface area contributed by atoms with Crippen LogP contribution in [0, 0.1) is 17.5 Å². The lowest BCUT2D eigenvalue weighted by atomic mass is 10.2. The smallest absolute Gasteiger partial charge is 0.260 e. The molecule has 0 atom stereocenters. The van der Waals surface area contributed by atoms with Gasteiger partial charge in [0.15, 0.2) is 24.1 Å². The van der Waals surface area contributed by atoms with Gasteiger partial charge in [0, 0.05) is 30.2 Å². The van der Waals surface area contributed by atoms with Crippen LogP contribution in [0.2, 0.25) is 5.02 Å². The summed E-state index contributed by atoms with van der Waals surface area (Å²) in [5.41, 5.74) is 0.0999. The van der Waals surface area contributed by atoms with Crippen molar-refractivity contribution in [3.05, 3.63) is 63.9 Å². The second-order valence-electron chi connectivity index (χ2n) is 5.83. The Morgan fingerprint density at radius 2 is 1.96 bits per heavy atom. The number of amides is 2. The minimum Gasteiger partial charge on any atom is -0.483 e. The van der Waals surface area contributed by atoms with Crippen molar-refractivity contribution in [1.82, 2.24) is 10.2 Å². The third kappa shape index (κ3) is 4.16. The van der Waals surface area contributed by atoms with Crippen molar-refractivity contribution in [3.8, 4) is 5.75 Å². The summed E-state index contributed by atoms with van der Waals surface area (Å²) in [7, 11) is 0. The highest BCUT2D eigenvalue weighted by atomic mass is 35.5. The van der Waals surface area contributed by atoms with Crippen molar-refractivity contribution in [3.63, 3.8) is 0 Å². The molecular weight excluding hydrogens is 385 g/mol. The Kier molecular flexibility index (Phi) is 5.55. The van der Waals surface area contributed by atoms with Crippen LogP contribution in [-0.2, 0) is 11.3 Å². The predicted molar refractivity (Wildman–Crippen MR) is 91.0 cm³/mol. The average molecular weight is 399 g/mol. The highest BCUT2D eigenvalue weighted by Gasteiger charge is 2.22. The van der Waals surface area contributed by atoms with Crippen molar-refractivity contribution < 1.29 is 27.5 Å². The van der Waals surface area contributed by atoms with E-state index in [1.54, 1.807) is 18.2 Å². The highest BCUT2D eigenvalue weighted by molar-refractivity contribution is 6.30. The molecule has 2 amide bonds. The van der Waals surface area contributed by atoms with Crippen molar-refractivity contribution in [1.29, 1.82) is 0 Å². The quantitative estimate of drug-likeness (QED) is 0.806. The Labute approximate surface area is 157 Å². The Morgan fingerprint density at radius 3 is 2.74 bits per heavy atom. The van der Waals surface area contributed by atoms with Gasteiger partial charge in [-0.3, -0.25) is 9.59 Å². The van der Waals surface area contributed by atoms with Crippen LogP contribution in [0.3, 0.4) is 0 Å². The van der Waals surface area contributed by atoms with Gasteiger partial charge in [0.05, 0.1) is 5.56 Å². The summed E-state index contributed by atoms with van der Waals surface area (Å²) in [6, 6.07) is 6.52. The standard InChI is InChI=1S/C18H14ClF3N2O3/c19-11-1-4-14-10(7-11)8-24(15(25)9-27-14)6-5-23-18(26)12-2-3-13(20)17(22)16(12)21/h1-4,7H,5-6,8-9H2,(H,23,26). The van der Waals surface area contributed by atoms with Crippen molar-refractivity contribution in [2.45, 2.75) is 6.54 Å². The van der Waals surface area contributed by atoms with E-state index in [1.165, 1.54) is 4.90 Å². The van der Waals surface area contributed by atoms with Crippen LogP contribution in [0.1, 0.15) is 15.9 Å². The molecule has 0 aliphatic carbocycles. The summed E-state index contributed by atoms with van der Waals surface area (Å²) in [6.45, 7) is 0.161. The maximum Gasteiger partial charge on any atom is 0.260 e. The number of carbonyl (C=O) groups excluding carboxylic acids is 2. The van der Waals surface area contributed by atoms with Crippen LogP contribution in [0.5, 0.6) is 5.75 Å². The SMILES string of the molecule is O=C(NCCN1Cc2cc(Cl)ccc2OCC1=O)c1ccc(F)c(F)c1F. The van der Waals surface area contributed by atoms with Gasteiger partial charge in [-0.25, -0.2) is 13.2 Å². The number of fused-ring (bicyclic) bond motifs is 1. The molecule has 9 heteroatoms. The van der Waals surface area contributed by atoms with Gasteiger partial charge >= 0.3 is 0 Å². The van der Waals surface area contributed by atoms with Gasteiger partial charge in [-0.05, 0) is 30.3 Å². The first kappa shape index (κ1) is 19.0. The maximum atomic E-state index is 13.6. The van der Waals surface area contributed by atoms with E-state index in [-0.39, 0.29) is 32.1 Å². The molecule has 0 spiro atoms. The summed E-state index contributed by atoms with van der Waals surface area (Å²) in [6.07, 6.45) is 0. The number of hydrogen-bond acceptors (Lipinski definition) is 3. The molecule has 3 rings (SSSR count). The number of hydrogen-bond donors (Lipinski definition) is 1. The Morgan fingerprint density at radius 1 is 1.19 bits per heavy atom. The van der Waals surface area contributed by atoms with Gasteiger partial charge < -0.3 is 15.0 Å². The Balaban J connectivity index is 1.63. The first-order valence-electron chi connectivity index (χ1n) is 7.97. The molecule has 27 heavy (non-hydrogen) atoms. The lowest BCUT2D eigenvalue weighted by Crippen LogP contribution is -2.39. The van der Waals surface area contributed by atoms with Crippen LogP contribution in [-0.4, -0.2) is 36.4 Å². The molecule has 5 nitrogen and oxygen atoms in total. The monoisotopic (exact) mass is 398 g/mol. The fraction of sp³-hybridized carbons (Fsp3) is 0.222. The summed E-state index contributed by atoms with van der Waals surface area (Å²) < 4.78 is 45.2. The number of carbonyl (C=O) groups is 2. The van der Waals surface area contributed by atoms with E-state index in [2.05, 4.69) is 5.32 Å². The van der Waals surface area contributed by atoms with Crippen LogP contribution in [0.25, 0.3) is 0 Å². The van der Waals surface area contributed by atoms with Crippen LogP contribution in [0.15, 0.2) is 30.3 Å². The maximum absolute atomic E-state index is 13.6. The molecule has 1 N–H and O–H groups in total. The zero-order valence-corrected chi connectivity index (χ0v) is 14.7. The molecule has 1 aliphatic heterocycles. The number of halogens is 4. The molecule has 0 saturated heterocycles. The van der Waals surface area contributed by atoms with Gasteiger partial charge in [-0.2, -0.15) is 0 Å². The molecular formula is C18H14ClF3N2O3. The van der Waals surface area contributed by atoms with Gasteiger partial charge in [0.25, 0.3) is 11.8 Å². The number of nitrogens with one attached hydrogen (secondary N) is 1. The lowest BCUT2D eigenvalue weighted by Gasteiger charge is -2.20. The van der Waals surface area contributed by atoms with Gasteiger partial charge in [0.2, 0.25) is 0 Å². The minimum absolute atomic E-state index is 0.0150. The molecule has 0 unspecified atom stereocenters. The first-order chi connectivity index (χ1) is 12.9. The molecule has 2 aromatic rings. The fourth-order valence-electron chi connectivity index (χ4n) is 2.64. The van der Waals surface area contributed by atoms with Crippen molar-refractivity contribution >= 4 is 23.4 Å². The molecule has 142 valence electrons. The highest BCUT2D eigenvalue weighted by Crippen LogP contribution is 2.26. The number of benzene rings is 2. The number of nitrogens with zero attached hydrogens (tertiary/aromatic N) is 1. The van der Waals surface area contributed by atoms with E-state index in [4.69, 9.17) is 16.3 Å². The second kappa shape index (κ2) is 7.87. The minimum atomic E-state index is -1.71. The zero-order valence-electron chi connectivity index (χ0n) is 13.9. The molecule has 2 aromatic carbocycles. The summed E-state index contributed by atoms with van der Waals surface area (Å²) >= 11 is 5.96. The molecule has 1 heterocycles. The molecule has 0 bridgehead atoms. The zero-order chi connectivity index (χ0) is 19.6. The van der Waals surface area contributed by atoms with Gasteiger partial charge in [-0.15, -0.1) is 0 Å². The van der Waals surface area contributed by atoms with Crippen molar-refractivity contribution in [2.75, 3.05) is 19.7 Å². The van der Waals surface area contributed by atoms with E-state index in [1.807, 2.05) is 0 Å². The largest absolute Gasteiger partial charge is 0.483 e. The molecule has 0 aromatic heterocycles. The lowest BCUT2D eigenvalue weighted by molar-refractivity contribution is -0.133. The number of ether oxygens (including phenoxy) is 1. The van der Waals surface area contributed by atoms with Crippen LogP contribution >= 0.6 is 11.6 Å². The topological polar surface area (TPSA) is 58.6 Å². The van der Waals surface area contributed by atoms with Crippen LogP contribution in [0.4, 0.5) is 13.2 Å². The Bertz CT molecular complexity index is 908. The molecule has 0 saturated carbocycles. The van der Waals surface area contributed by atoms with Gasteiger partial charge in [-0.1, -0.05) is 11.6 Å². The summed E-state index contributed by atoms with van der Waals surface area (Å²) in [5.74, 6) is -5.31. The van der Waals surface area contributed by atoms with E-state index in [9.17, 15) is 22.8 Å². The number of rotatable bonds is 4. The molecule has 0 fully saturated rings. The average Bonchev–Trinajstić information content (AvgIpc) is 2.78. The van der Waals surface area contributed by atoms with E-state index >= 15 is 0 Å². The van der Waals surface area contributed by atoms with E-state index < -0.39 is 28.9 Å². The van der Waals surface area contributed by atoms with E-state index in [0.717, 1.165) is 6.07 Å². The van der Waals surface area contributed by atoms with Crippen LogP contribution < -0.4 is 10.1 Å².